The maximum atomic E-state index is 12.3. The SMILES string of the molecule is COc1ccc(NC(=O)c2ccc(-n3ccnc3)nc2)cc1OC. The van der Waals surface area contributed by atoms with E-state index in [-0.39, 0.29) is 5.91 Å². The third-order valence-electron chi connectivity index (χ3n) is 3.42. The Kier molecular flexibility index (Phi) is 4.42. The number of amides is 1. The predicted octanol–water partition coefficient (Wildman–Crippen LogP) is 2.54. The monoisotopic (exact) mass is 324 g/mol. The van der Waals surface area contributed by atoms with Crippen molar-refractivity contribution in [2.24, 2.45) is 0 Å². The zero-order valence-electron chi connectivity index (χ0n) is 13.3. The summed E-state index contributed by atoms with van der Waals surface area (Å²) >= 11 is 0. The summed E-state index contributed by atoms with van der Waals surface area (Å²) in [7, 11) is 3.10. The molecular formula is C17H16N4O3. The number of hydrogen-bond donors (Lipinski definition) is 1. The lowest BCUT2D eigenvalue weighted by Gasteiger charge is -2.10. The number of benzene rings is 1. The van der Waals surface area contributed by atoms with E-state index in [1.807, 2.05) is 0 Å². The van der Waals surface area contributed by atoms with Gasteiger partial charge in [-0.15, -0.1) is 0 Å². The van der Waals surface area contributed by atoms with Crippen molar-refractivity contribution < 1.29 is 14.3 Å². The summed E-state index contributed by atoms with van der Waals surface area (Å²) in [4.78, 5) is 20.5. The number of carbonyl (C=O) groups is 1. The van der Waals surface area contributed by atoms with Crippen molar-refractivity contribution in [3.63, 3.8) is 0 Å². The number of nitrogens with zero attached hydrogens (tertiary/aromatic N) is 3. The van der Waals surface area contributed by atoms with Crippen molar-refractivity contribution in [1.82, 2.24) is 14.5 Å². The van der Waals surface area contributed by atoms with Crippen molar-refractivity contribution in [3.8, 4) is 17.3 Å². The van der Waals surface area contributed by atoms with Crippen LogP contribution in [-0.2, 0) is 0 Å². The molecule has 0 aliphatic carbocycles. The van der Waals surface area contributed by atoms with Crippen LogP contribution in [0.3, 0.4) is 0 Å². The first-order chi connectivity index (χ1) is 11.7. The maximum absolute atomic E-state index is 12.3. The van der Waals surface area contributed by atoms with E-state index in [9.17, 15) is 4.79 Å². The average Bonchev–Trinajstić information content (AvgIpc) is 3.16. The number of carbonyl (C=O) groups excluding carboxylic acids is 1. The van der Waals surface area contributed by atoms with Crippen LogP contribution in [0.5, 0.6) is 11.5 Å². The quantitative estimate of drug-likeness (QED) is 0.780. The van der Waals surface area contributed by atoms with Crippen LogP contribution in [0.15, 0.2) is 55.2 Å². The normalized spacial score (nSPS) is 10.2. The third-order valence-corrected chi connectivity index (χ3v) is 3.42. The van der Waals surface area contributed by atoms with Gasteiger partial charge in [-0.2, -0.15) is 0 Å². The number of ether oxygens (including phenoxy) is 2. The van der Waals surface area contributed by atoms with Crippen LogP contribution in [0.2, 0.25) is 0 Å². The Morgan fingerprint density at radius 3 is 2.58 bits per heavy atom. The zero-order valence-corrected chi connectivity index (χ0v) is 13.3. The maximum Gasteiger partial charge on any atom is 0.257 e. The molecule has 1 amide bonds. The number of anilines is 1. The highest BCUT2D eigenvalue weighted by molar-refractivity contribution is 6.04. The molecule has 3 aromatic rings. The number of aromatic nitrogens is 3. The minimum Gasteiger partial charge on any atom is -0.493 e. The van der Waals surface area contributed by atoms with E-state index < -0.39 is 0 Å². The van der Waals surface area contributed by atoms with Crippen molar-refractivity contribution in [2.45, 2.75) is 0 Å². The van der Waals surface area contributed by atoms with E-state index in [4.69, 9.17) is 9.47 Å². The Morgan fingerprint density at radius 2 is 1.96 bits per heavy atom. The Hall–Kier alpha value is -3.35. The number of imidazole rings is 1. The van der Waals surface area contributed by atoms with Gasteiger partial charge in [0.25, 0.3) is 5.91 Å². The first kappa shape index (κ1) is 15.5. The molecule has 0 saturated heterocycles. The Bertz CT molecular complexity index is 830. The van der Waals surface area contributed by atoms with Crippen molar-refractivity contribution >= 4 is 11.6 Å². The van der Waals surface area contributed by atoms with Crippen LogP contribution >= 0.6 is 0 Å². The van der Waals surface area contributed by atoms with E-state index in [1.54, 1.807) is 67.8 Å². The van der Waals surface area contributed by atoms with Crippen molar-refractivity contribution in [2.75, 3.05) is 19.5 Å². The van der Waals surface area contributed by atoms with E-state index in [1.165, 1.54) is 6.20 Å². The second-order valence-electron chi connectivity index (χ2n) is 4.90. The van der Waals surface area contributed by atoms with Crippen LogP contribution in [0.4, 0.5) is 5.69 Å². The molecule has 1 aromatic carbocycles. The molecule has 0 bridgehead atoms. The molecule has 2 aromatic heterocycles. The highest BCUT2D eigenvalue weighted by Crippen LogP contribution is 2.29. The fraction of sp³-hybridized carbons (Fsp3) is 0.118. The molecule has 3 rings (SSSR count). The number of methoxy groups -OCH3 is 2. The molecule has 7 heteroatoms. The molecule has 24 heavy (non-hydrogen) atoms. The molecule has 122 valence electrons. The van der Waals surface area contributed by atoms with Crippen LogP contribution < -0.4 is 14.8 Å². The van der Waals surface area contributed by atoms with E-state index >= 15 is 0 Å². The van der Waals surface area contributed by atoms with E-state index in [0.717, 1.165) is 0 Å². The smallest absolute Gasteiger partial charge is 0.257 e. The van der Waals surface area contributed by atoms with Crippen LogP contribution in [0.1, 0.15) is 10.4 Å². The van der Waals surface area contributed by atoms with Gasteiger partial charge >= 0.3 is 0 Å². The standard InChI is InChI=1S/C17H16N4O3/c1-23-14-5-4-13(9-15(14)24-2)20-17(22)12-3-6-16(19-10-12)21-8-7-18-11-21/h3-11H,1-2H3,(H,20,22). The minimum absolute atomic E-state index is 0.257. The van der Waals surface area contributed by atoms with Crippen molar-refractivity contribution in [3.05, 3.63) is 60.8 Å². The summed E-state index contributed by atoms with van der Waals surface area (Å²) in [6.45, 7) is 0. The van der Waals surface area contributed by atoms with Crippen LogP contribution in [0.25, 0.3) is 5.82 Å². The topological polar surface area (TPSA) is 78.3 Å². The first-order valence-electron chi connectivity index (χ1n) is 7.19. The third kappa shape index (κ3) is 3.19. The lowest BCUT2D eigenvalue weighted by Crippen LogP contribution is -2.12. The van der Waals surface area contributed by atoms with Gasteiger partial charge in [-0.3, -0.25) is 9.36 Å². The second kappa shape index (κ2) is 6.82. The molecule has 1 N–H and O–H groups in total. The van der Waals surface area contributed by atoms with Gasteiger partial charge in [0, 0.05) is 30.3 Å². The first-order valence-corrected chi connectivity index (χ1v) is 7.19. The minimum atomic E-state index is -0.257. The molecule has 2 heterocycles. The molecule has 0 spiro atoms. The number of hydrogen-bond acceptors (Lipinski definition) is 5. The number of nitrogens with one attached hydrogen (secondary N) is 1. The van der Waals surface area contributed by atoms with E-state index in [0.29, 0.717) is 28.6 Å². The highest BCUT2D eigenvalue weighted by Gasteiger charge is 2.10. The fourth-order valence-electron chi connectivity index (χ4n) is 2.18. The Balaban J connectivity index is 1.75. The van der Waals surface area contributed by atoms with Gasteiger partial charge in [-0.05, 0) is 24.3 Å². The molecule has 0 radical (unpaired) electrons. The fourth-order valence-corrected chi connectivity index (χ4v) is 2.18. The lowest BCUT2D eigenvalue weighted by atomic mass is 10.2. The summed E-state index contributed by atoms with van der Waals surface area (Å²) in [6.07, 6.45) is 6.61. The van der Waals surface area contributed by atoms with Crippen LogP contribution in [-0.4, -0.2) is 34.7 Å². The molecule has 7 nitrogen and oxygen atoms in total. The highest BCUT2D eigenvalue weighted by atomic mass is 16.5. The van der Waals surface area contributed by atoms with Gasteiger partial charge in [0.1, 0.15) is 12.1 Å². The molecule has 0 atom stereocenters. The second-order valence-corrected chi connectivity index (χ2v) is 4.90. The number of pyridine rings is 1. The summed E-state index contributed by atoms with van der Waals surface area (Å²) < 4.78 is 12.2. The summed E-state index contributed by atoms with van der Waals surface area (Å²) in [5, 5.41) is 2.80. The molecule has 0 aliphatic rings. The summed E-state index contributed by atoms with van der Waals surface area (Å²) in [5.74, 6) is 1.58. The van der Waals surface area contributed by atoms with E-state index in [2.05, 4.69) is 15.3 Å². The van der Waals surface area contributed by atoms with Gasteiger partial charge in [0.05, 0.1) is 19.8 Å². The van der Waals surface area contributed by atoms with Gasteiger partial charge in [0.2, 0.25) is 0 Å². The Morgan fingerprint density at radius 1 is 1.12 bits per heavy atom. The molecule has 0 aliphatic heterocycles. The van der Waals surface area contributed by atoms with Gasteiger partial charge in [0.15, 0.2) is 11.5 Å². The summed E-state index contributed by atoms with van der Waals surface area (Å²) in [6, 6.07) is 8.63. The Labute approximate surface area is 138 Å². The largest absolute Gasteiger partial charge is 0.493 e. The molecule has 0 unspecified atom stereocenters. The molecular weight excluding hydrogens is 308 g/mol. The van der Waals surface area contributed by atoms with Gasteiger partial charge in [-0.25, -0.2) is 9.97 Å². The number of rotatable bonds is 5. The predicted molar refractivity (Wildman–Crippen MR) is 88.9 cm³/mol. The van der Waals surface area contributed by atoms with Gasteiger partial charge < -0.3 is 14.8 Å². The zero-order chi connectivity index (χ0) is 16.9. The average molecular weight is 324 g/mol. The molecule has 0 saturated carbocycles. The molecule has 0 fully saturated rings. The van der Waals surface area contributed by atoms with Crippen molar-refractivity contribution in [1.29, 1.82) is 0 Å². The lowest BCUT2D eigenvalue weighted by molar-refractivity contribution is 0.102. The van der Waals surface area contributed by atoms with Gasteiger partial charge in [-0.1, -0.05) is 0 Å². The van der Waals surface area contributed by atoms with Crippen LogP contribution in [0, 0.1) is 0 Å². The summed E-state index contributed by atoms with van der Waals surface area (Å²) in [5.41, 5.74) is 1.06.